The van der Waals surface area contributed by atoms with Crippen LogP contribution < -0.4 is 11.1 Å². The van der Waals surface area contributed by atoms with E-state index in [0.29, 0.717) is 18.3 Å². The number of pyridine rings is 1. The molecule has 0 spiro atoms. The average molecular weight is 624 g/mol. The molecule has 1 amide bonds. The number of alkyl halides is 3. The smallest absolute Gasteiger partial charge is 0.395 e. The number of nitrogen functional groups attached to an aromatic ring is 1. The molecule has 9 nitrogen and oxygen atoms in total. The number of hydrogen-bond acceptors (Lipinski definition) is 7. The molecule has 4 N–H and O–H groups in total. The fourth-order valence-corrected chi connectivity index (χ4v) is 6.11. The number of rotatable bonds is 9. The van der Waals surface area contributed by atoms with E-state index in [2.05, 4.69) is 50.2 Å². The topological polar surface area (TPSA) is 115 Å². The van der Waals surface area contributed by atoms with Crippen LogP contribution in [0, 0.1) is 0 Å². The van der Waals surface area contributed by atoms with Crippen molar-refractivity contribution in [1.82, 2.24) is 19.8 Å². The largest absolute Gasteiger partial charge is 0.417 e. The van der Waals surface area contributed by atoms with Gasteiger partial charge in [0, 0.05) is 49.0 Å². The Kier molecular flexibility index (Phi) is 9.09. The molecule has 2 aromatic carbocycles. The number of nitrogens with zero attached hydrogens (tertiary/aromatic N) is 3. The number of aromatic nitrogens is 2. The number of piperidine rings is 1. The minimum absolute atomic E-state index is 0.161. The van der Waals surface area contributed by atoms with Crippen molar-refractivity contribution in [3.05, 3.63) is 83.7 Å². The van der Waals surface area contributed by atoms with Gasteiger partial charge in [-0.05, 0) is 53.8 Å². The predicted molar refractivity (Wildman–Crippen MR) is 163 cm³/mol. The van der Waals surface area contributed by atoms with Gasteiger partial charge in [-0.1, -0.05) is 30.3 Å². The SMILES string of the molecule is Nc1ncc(C(F)(F)F)cc1C(=O)N[C@H]1COC[C@@H]1OCc1ccc(-c2ccc3c(ccn3C3CCN(CCO)CC3)c2)cc1. The maximum atomic E-state index is 13.1. The van der Waals surface area contributed by atoms with Crippen molar-refractivity contribution < 1.29 is 32.5 Å². The number of anilines is 1. The zero-order valence-corrected chi connectivity index (χ0v) is 24.7. The molecule has 2 atom stereocenters. The summed E-state index contributed by atoms with van der Waals surface area (Å²) in [4.78, 5) is 18.6. The van der Waals surface area contributed by atoms with Crippen molar-refractivity contribution in [1.29, 1.82) is 0 Å². The van der Waals surface area contributed by atoms with E-state index in [1.54, 1.807) is 0 Å². The van der Waals surface area contributed by atoms with E-state index in [-0.39, 0.29) is 37.8 Å². The van der Waals surface area contributed by atoms with Crippen molar-refractivity contribution in [2.75, 3.05) is 45.2 Å². The Balaban J connectivity index is 1.05. The lowest BCUT2D eigenvalue weighted by Crippen LogP contribution is -2.44. The Labute approximate surface area is 258 Å². The van der Waals surface area contributed by atoms with Gasteiger partial charge in [-0.3, -0.25) is 4.79 Å². The number of aliphatic hydroxyl groups is 1. The zero-order valence-electron chi connectivity index (χ0n) is 24.7. The van der Waals surface area contributed by atoms with Crippen molar-refractivity contribution in [2.45, 2.75) is 43.8 Å². The summed E-state index contributed by atoms with van der Waals surface area (Å²) in [6, 6.07) is 17.3. The highest BCUT2D eigenvalue weighted by atomic mass is 19.4. The number of ether oxygens (including phenoxy) is 2. The standard InChI is InChI=1S/C33H36F3N5O4/c34-33(35,36)25-16-27(31(37)38-17-25)32(43)39-28-19-44-20-30(28)45-18-21-1-3-22(4-2-21)23-5-6-29-24(15-23)7-12-41(29)26-8-10-40(11-9-26)13-14-42/h1-7,12,15-17,26,28,30,42H,8-11,13-14,18-20H2,(H2,37,38)(H,39,43)/t28-,30-/m0/s1. The van der Waals surface area contributed by atoms with Crippen LogP contribution in [0.4, 0.5) is 19.0 Å². The summed E-state index contributed by atoms with van der Waals surface area (Å²) in [7, 11) is 0. The number of amides is 1. The van der Waals surface area contributed by atoms with Gasteiger partial charge < -0.3 is 35.1 Å². The van der Waals surface area contributed by atoms with Crippen molar-refractivity contribution >= 4 is 22.6 Å². The molecule has 0 aliphatic carbocycles. The molecule has 0 bridgehead atoms. The minimum Gasteiger partial charge on any atom is -0.395 e. The number of hydrogen-bond donors (Lipinski definition) is 3. The van der Waals surface area contributed by atoms with E-state index < -0.39 is 29.8 Å². The number of nitrogens with one attached hydrogen (secondary N) is 1. The molecule has 2 fully saturated rings. The maximum Gasteiger partial charge on any atom is 0.417 e. The highest BCUT2D eigenvalue weighted by Crippen LogP contribution is 2.32. The first-order valence-corrected chi connectivity index (χ1v) is 15.1. The lowest BCUT2D eigenvalue weighted by Gasteiger charge is -2.32. The molecule has 2 aliphatic rings. The average Bonchev–Trinajstić information content (AvgIpc) is 3.67. The Morgan fingerprint density at radius 3 is 2.56 bits per heavy atom. The normalized spacial score (nSPS) is 19.7. The van der Waals surface area contributed by atoms with E-state index in [4.69, 9.17) is 15.2 Å². The van der Waals surface area contributed by atoms with Crippen molar-refractivity contribution in [3.8, 4) is 11.1 Å². The lowest BCUT2D eigenvalue weighted by atomic mass is 10.0. The molecule has 6 rings (SSSR count). The molecule has 2 aromatic heterocycles. The number of nitrogens with two attached hydrogens (primary N) is 1. The second kappa shape index (κ2) is 13.2. The molecule has 12 heteroatoms. The van der Waals surface area contributed by atoms with Gasteiger partial charge in [0.1, 0.15) is 11.9 Å². The van der Waals surface area contributed by atoms with Crippen molar-refractivity contribution in [2.24, 2.45) is 0 Å². The number of carbonyl (C=O) groups is 1. The quantitative estimate of drug-likeness (QED) is 0.249. The van der Waals surface area contributed by atoms with Crippen LogP contribution in [0.1, 0.15) is 40.4 Å². The molecule has 2 aliphatic heterocycles. The van der Waals surface area contributed by atoms with Crippen LogP contribution in [0.3, 0.4) is 0 Å². The van der Waals surface area contributed by atoms with Gasteiger partial charge >= 0.3 is 6.18 Å². The minimum atomic E-state index is -4.65. The van der Waals surface area contributed by atoms with Gasteiger partial charge in [-0.25, -0.2) is 4.98 Å². The van der Waals surface area contributed by atoms with Gasteiger partial charge in [0.25, 0.3) is 5.91 Å². The highest BCUT2D eigenvalue weighted by Gasteiger charge is 2.34. The predicted octanol–water partition coefficient (Wildman–Crippen LogP) is 4.65. The highest BCUT2D eigenvalue weighted by molar-refractivity contribution is 5.98. The monoisotopic (exact) mass is 623 g/mol. The summed E-state index contributed by atoms with van der Waals surface area (Å²) >= 11 is 0. The first-order chi connectivity index (χ1) is 21.7. The molecular weight excluding hydrogens is 587 g/mol. The number of halogens is 3. The van der Waals surface area contributed by atoms with Crippen LogP contribution in [0.25, 0.3) is 22.0 Å². The van der Waals surface area contributed by atoms with Crippen LogP contribution >= 0.6 is 0 Å². The van der Waals surface area contributed by atoms with Crippen LogP contribution in [0.2, 0.25) is 0 Å². The number of benzene rings is 2. The summed E-state index contributed by atoms with van der Waals surface area (Å²) < 4.78 is 53.2. The zero-order chi connectivity index (χ0) is 31.6. The molecule has 4 heterocycles. The summed E-state index contributed by atoms with van der Waals surface area (Å²) in [5.41, 5.74) is 8.63. The van der Waals surface area contributed by atoms with Crippen LogP contribution in [-0.2, 0) is 22.3 Å². The van der Waals surface area contributed by atoms with Gasteiger partial charge in [0.05, 0.1) is 43.6 Å². The van der Waals surface area contributed by atoms with Gasteiger partial charge in [-0.15, -0.1) is 0 Å². The second-order valence-electron chi connectivity index (χ2n) is 11.6. The third kappa shape index (κ3) is 6.99. The number of β-amino-alcohol motifs (C(OH)–C–C–N with tert-alkyl or cyclic N) is 1. The fraction of sp³-hybridized carbons (Fsp3) is 0.394. The molecule has 0 saturated carbocycles. The number of likely N-dealkylation sites (tertiary alicyclic amines) is 1. The summed E-state index contributed by atoms with van der Waals surface area (Å²) in [6.07, 6.45) is -0.221. The van der Waals surface area contributed by atoms with Gasteiger partial charge in [0.15, 0.2) is 0 Å². The Morgan fingerprint density at radius 2 is 1.82 bits per heavy atom. The third-order valence-corrected chi connectivity index (χ3v) is 8.67. The number of aliphatic hydroxyl groups excluding tert-OH is 1. The summed E-state index contributed by atoms with van der Waals surface area (Å²) in [5, 5.41) is 13.1. The maximum absolute atomic E-state index is 13.1. The van der Waals surface area contributed by atoms with Crippen LogP contribution in [0.15, 0.2) is 67.0 Å². The number of fused-ring (bicyclic) bond motifs is 1. The Bertz CT molecular complexity index is 1630. The molecular formula is C33H36F3N5O4. The number of carbonyl (C=O) groups excluding carboxylic acids is 1. The molecule has 0 radical (unpaired) electrons. The van der Waals surface area contributed by atoms with E-state index in [1.807, 2.05) is 24.3 Å². The molecule has 4 aromatic rings. The van der Waals surface area contributed by atoms with Crippen LogP contribution in [-0.4, -0.2) is 77.1 Å². The van der Waals surface area contributed by atoms with E-state index in [1.165, 1.54) is 10.9 Å². The third-order valence-electron chi connectivity index (χ3n) is 8.67. The van der Waals surface area contributed by atoms with E-state index in [9.17, 15) is 23.1 Å². The molecule has 0 unspecified atom stereocenters. The summed E-state index contributed by atoms with van der Waals surface area (Å²) in [6.45, 7) is 3.60. The van der Waals surface area contributed by atoms with Gasteiger partial charge in [0.2, 0.25) is 0 Å². The van der Waals surface area contributed by atoms with E-state index >= 15 is 0 Å². The van der Waals surface area contributed by atoms with Gasteiger partial charge in [-0.2, -0.15) is 13.2 Å². The Hall–Kier alpha value is -3.97. The first kappa shape index (κ1) is 31.0. The molecule has 45 heavy (non-hydrogen) atoms. The molecule has 238 valence electrons. The van der Waals surface area contributed by atoms with Crippen molar-refractivity contribution in [3.63, 3.8) is 0 Å². The van der Waals surface area contributed by atoms with E-state index in [0.717, 1.165) is 49.2 Å². The summed E-state index contributed by atoms with van der Waals surface area (Å²) in [5.74, 6) is -1.06. The fourth-order valence-electron chi connectivity index (χ4n) is 6.11. The molecule has 2 saturated heterocycles. The first-order valence-electron chi connectivity index (χ1n) is 15.1. The van der Waals surface area contributed by atoms with Crippen LogP contribution in [0.5, 0.6) is 0 Å². The Morgan fingerprint density at radius 1 is 1.07 bits per heavy atom. The second-order valence-corrected chi connectivity index (χ2v) is 11.6. The lowest BCUT2D eigenvalue weighted by molar-refractivity contribution is -0.137.